The lowest BCUT2D eigenvalue weighted by Gasteiger charge is -2.04. The predicted molar refractivity (Wildman–Crippen MR) is 61.9 cm³/mol. The monoisotopic (exact) mass is 200 g/mol. The van der Waals surface area contributed by atoms with Gasteiger partial charge in [-0.25, -0.2) is 4.79 Å². The van der Waals surface area contributed by atoms with Crippen molar-refractivity contribution >= 4 is 16.3 Å². The first-order valence-electron chi connectivity index (χ1n) is 4.77. The Bertz CT molecular complexity index is 591. The standard InChI is InChI=1S/C13H12O2/c1-8(2)12-7-15-13(14)11-6-9(3)4-5-10(11)12/h4-7H,1H2,2-3H3. The van der Waals surface area contributed by atoms with Crippen LogP contribution in [0.4, 0.5) is 0 Å². The fraction of sp³-hybridized carbons (Fsp3) is 0.154. The molecule has 15 heavy (non-hydrogen) atoms. The van der Waals surface area contributed by atoms with Gasteiger partial charge in [0.05, 0.1) is 5.39 Å². The molecule has 0 saturated carbocycles. The Kier molecular flexibility index (Phi) is 2.19. The molecule has 2 rings (SSSR count). The fourth-order valence-corrected chi connectivity index (χ4v) is 1.63. The largest absolute Gasteiger partial charge is 0.430 e. The van der Waals surface area contributed by atoms with Gasteiger partial charge in [-0.15, -0.1) is 0 Å². The highest BCUT2D eigenvalue weighted by Crippen LogP contribution is 2.22. The summed E-state index contributed by atoms with van der Waals surface area (Å²) in [5.74, 6) is 0. The highest BCUT2D eigenvalue weighted by atomic mass is 16.4. The van der Waals surface area contributed by atoms with Gasteiger partial charge in [0.2, 0.25) is 0 Å². The second-order valence-electron chi connectivity index (χ2n) is 3.77. The van der Waals surface area contributed by atoms with E-state index in [9.17, 15) is 4.79 Å². The number of hydrogen-bond donors (Lipinski definition) is 0. The zero-order valence-electron chi connectivity index (χ0n) is 8.83. The van der Waals surface area contributed by atoms with Crippen LogP contribution in [0.2, 0.25) is 0 Å². The smallest absolute Gasteiger partial charge is 0.343 e. The first-order chi connectivity index (χ1) is 7.09. The molecule has 0 aliphatic heterocycles. The van der Waals surface area contributed by atoms with Gasteiger partial charge in [-0.05, 0) is 30.9 Å². The van der Waals surface area contributed by atoms with Crippen LogP contribution < -0.4 is 5.63 Å². The summed E-state index contributed by atoms with van der Waals surface area (Å²) in [5, 5.41) is 1.53. The third kappa shape index (κ3) is 1.59. The lowest BCUT2D eigenvalue weighted by Crippen LogP contribution is -2.00. The molecule has 0 amide bonds. The van der Waals surface area contributed by atoms with E-state index in [0.717, 1.165) is 22.1 Å². The number of benzene rings is 1. The van der Waals surface area contributed by atoms with Crippen molar-refractivity contribution in [2.75, 3.05) is 0 Å². The molecule has 1 heterocycles. The maximum atomic E-state index is 11.5. The average molecular weight is 200 g/mol. The maximum Gasteiger partial charge on any atom is 0.343 e. The normalized spacial score (nSPS) is 10.5. The molecule has 0 atom stereocenters. The average Bonchev–Trinajstić information content (AvgIpc) is 2.19. The Morgan fingerprint density at radius 2 is 2.07 bits per heavy atom. The summed E-state index contributed by atoms with van der Waals surface area (Å²) < 4.78 is 4.97. The van der Waals surface area contributed by atoms with E-state index in [4.69, 9.17) is 4.42 Å². The summed E-state index contributed by atoms with van der Waals surface area (Å²) in [7, 11) is 0. The van der Waals surface area contributed by atoms with E-state index in [1.54, 1.807) is 0 Å². The van der Waals surface area contributed by atoms with Gasteiger partial charge >= 0.3 is 5.63 Å². The molecule has 0 aliphatic carbocycles. The zero-order valence-corrected chi connectivity index (χ0v) is 8.83. The number of aryl methyl sites for hydroxylation is 1. The fourth-order valence-electron chi connectivity index (χ4n) is 1.63. The molecule has 0 N–H and O–H groups in total. The van der Waals surface area contributed by atoms with Gasteiger partial charge in [0.1, 0.15) is 6.26 Å². The van der Waals surface area contributed by atoms with Crippen molar-refractivity contribution < 1.29 is 4.42 Å². The molecule has 2 nitrogen and oxygen atoms in total. The second kappa shape index (κ2) is 3.39. The van der Waals surface area contributed by atoms with Crippen LogP contribution in [0.3, 0.4) is 0 Å². The van der Waals surface area contributed by atoms with Gasteiger partial charge in [0.15, 0.2) is 0 Å². The van der Waals surface area contributed by atoms with Gasteiger partial charge < -0.3 is 4.42 Å². The molecule has 1 aromatic carbocycles. The highest BCUT2D eigenvalue weighted by molar-refractivity contribution is 5.92. The van der Waals surface area contributed by atoms with E-state index in [0.29, 0.717) is 5.39 Å². The third-order valence-electron chi connectivity index (χ3n) is 2.43. The minimum atomic E-state index is -0.293. The maximum absolute atomic E-state index is 11.5. The molecule has 0 bridgehead atoms. The van der Waals surface area contributed by atoms with Crippen LogP contribution in [0.15, 0.2) is 40.3 Å². The Morgan fingerprint density at radius 1 is 1.33 bits per heavy atom. The van der Waals surface area contributed by atoms with Crippen LogP contribution in [0, 0.1) is 6.92 Å². The predicted octanol–water partition coefficient (Wildman–Crippen LogP) is 3.13. The van der Waals surface area contributed by atoms with Crippen LogP contribution in [0.5, 0.6) is 0 Å². The first kappa shape index (κ1) is 9.71. The van der Waals surface area contributed by atoms with Crippen molar-refractivity contribution in [1.29, 1.82) is 0 Å². The molecule has 0 spiro atoms. The molecule has 0 fully saturated rings. The van der Waals surface area contributed by atoms with Crippen LogP contribution in [-0.2, 0) is 0 Å². The van der Waals surface area contributed by atoms with Crippen LogP contribution in [0.1, 0.15) is 18.1 Å². The minimum Gasteiger partial charge on any atom is -0.430 e. The molecule has 2 heteroatoms. The number of allylic oxidation sites excluding steroid dienone is 1. The minimum absolute atomic E-state index is 0.293. The van der Waals surface area contributed by atoms with Crippen molar-refractivity contribution in [3.8, 4) is 0 Å². The highest BCUT2D eigenvalue weighted by Gasteiger charge is 2.06. The lowest BCUT2D eigenvalue weighted by molar-refractivity contribution is 0.518. The van der Waals surface area contributed by atoms with E-state index in [-0.39, 0.29) is 5.63 Å². The van der Waals surface area contributed by atoms with Crippen LogP contribution in [-0.4, -0.2) is 0 Å². The van der Waals surface area contributed by atoms with E-state index in [2.05, 4.69) is 6.58 Å². The topological polar surface area (TPSA) is 30.2 Å². The third-order valence-corrected chi connectivity index (χ3v) is 2.43. The van der Waals surface area contributed by atoms with Gasteiger partial charge in [0.25, 0.3) is 0 Å². The van der Waals surface area contributed by atoms with Gasteiger partial charge in [-0.3, -0.25) is 0 Å². The quantitative estimate of drug-likeness (QED) is 0.707. The number of rotatable bonds is 1. The summed E-state index contributed by atoms with van der Waals surface area (Å²) in [4.78, 5) is 11.5. The van der Waals surface area contributed by atoms with E-state index < -0.39 is 0 Å². The van der Waals surface area contributed by atoms with Gasteiger partial charge in [-0.1, -0.05) is 24.3 Å². The van der Waals surface area contributed by atoms with E-state index in [1.165, 1.54) is 6.26 Å². The Labute approximate surface area is 87.8 Å². The van der Waals surface area contributed by atoms with E-state index in [1.807, 2.05) is 32.0 Å². The molecule has 0 aliphatic rings. The Morgan fingerprint density at radius 3 is 2.73 bits per heavy atom. The van der Waals surface area contributed by atoms with Crippen LogP contribution in [0.25, 0.3) is 16.3 Å². The summed E-state index contributed by atoms with van der Waals surface area (Å²) >= 11 is 0. The van der Waals surface area contributed by atoms with Crippen molar-refractivity contribution in [2.45, 2.75) is 13.8 Å². The lowest BCUT2D eigenvalue weighted by atomic mass is 10.0. The molecule has 0 radical (unpaired) electrons. The molecule has 76 valence electrons. The summed E-state index contributed by atoms with van der Waals surface area (Å²) in [6, 6.07) is 5.76. The first-order valence-corrected chi connectivity index (χ1v) is 4.77. The Balaban J connectivity index is 2.95. The summed E-state index contributed by atoms with van der Waals surface area (Å²) in [5.41, 5.74) is 2.55. The van der Waals surface area contributed by atoms with Gasteiger partial charge in [-0.2, -0.15) is 0 Å². The Hall–Kier alpha value is -1.83. The van der Waals surface area contributed by atoms with Crippen LogP contribution >= 0.6 is 0 Å². The van der Waals surface area contributed by atoms with Crippen molar-refractivity contribution in [3.05, 3.63) is 52.6 Å². The molecule has 1 aromatic heterocycles. The van der Waals surface area contributed by atoms with Gasteiger partial charge in [0, 0.05) is 5.56 Å². The number of fused-ring (bicyclic) bond motifs is 1. The molecular formula is C13H12O2. The van der Waals surface area contributed by atoms with Crippen molar-refractivity contribution in [3.63, 3.8) is 0 Å². The van der Waals surface area contributed by atoms with Crippen molar-refractivity contribution in [1.82, 2.24) is 0 Å². The van der Waals surface area contributed by atoms with E-state index >= 15 is 0 Å². The zero-order chi connectivity index (χ0) is 11.0. The van der Waals surface area contributed by atoms with Crippen molar-refractivity contribution in [2.24, 2.45) is 0 Å². The second-order valence-corrected chi connectivity index (χ2v) is 3.77. The SMILES string of the molecule is C=C(C)c1coc(=O)c2cc(C)ccc12. The summed E-state index contributed by atoms with van der Waals surface area (Å²) in [6.07, 6.45) is 1.47. The molecule has 0 saturated heterocycles. The molecule has 0 unspecified atom stereocenters. The molecule has 2 aromatic rings. The summed E-state index contributed by atoms with van der Waals surface area (Å²) in [6.45, 7) is 7.71. The number of hydrogen-bond acceptors (Lipinski definition) is 2. The molecular weight excluding hydrogens is 188 g/mol.